The third-order valence-corrected chi connectivity index (χ3v) is 3.27. The number of amides is 2. The van der Waals surface area contributed by atoms with Gasteiger partial charge in [0.15, 0.2) is 5.78 Å². The Balaban J connectivity index is 2.31. The topological polar surface area (TPSA) is 98.5 Å². The lowest BCUT2D eigenvalue weighted by atomic mass is 10.0. The molecule has 0 spiro atoms. The van der Waals surface area contributed by atoms with Crippen LogP contribution in [0.3, 0.4) is 0 Å². The fourth-order valence-electron chi connectivity index (χ4n) is 1.93. The zero-order valence-electron chi connectivity index (χ0n) is 11.3. The number of nitrogens with two attached hydrogens (primary N) is 1. The van der Waals surface area contributed by atoms with E-state index in [1.165, 1.54) is 6.42 Å². The number of ketones is 1. The van der Waals surface area contributed by atoms with E-state index in [9.17, 15) is 14.4 Å². The Morgan fingerprint density at radius 3 is 2.84 bits per heavy atom. The molecule has 1 aliphatic heterocycles. The smallest absolute Gasteiger partial charge is 0.224 e. The summed E-state index contributed by atoms with van der Waals surface area (Å²) in [5, 5.41) is 2.65. The first-order valence-electron chi connectivity index (χ1n) is 6.53. The highest BCUT2D eigenvalue weighted by atomic mass is 16.5. The maximum absolute atomic E-state index is 11.7. The molecule has 3 N–H and O–H groups in total. The maximum atomic E-state index is 11.7. The van der Waals surface area contributed by atoms with E-state index in [1.54, 1.807) is 6.92 Å². The molecule has 1 radical (unpaired) electrons. The van der Waals surface area contributed by atoms with Crippen LogP contribution in [0.2, 0.25) is 0 Å². The number of carbonyl (C=O) groups is 3. The van der Waals surface area contributed by atoms with Crippen molar-refractivity contribution in [2.75, 3.05) is 6.61 Å². The molecule has 1 rings (SSSR count). The van der Waals surface area contributed by atoms with Crippen molar-refractivity contribution in [1.82, 2.24) is 5.32 Å². The summed E-state index contributed by atoms with van der Waals surface area (Å²) in [5.41, 5.74) is 5.12. The minimum absolute atomic E-state index is 0.0577. The van der Waals surface area contributed by atoms with E-state index < -0.39 is 6.04 Å². The molecule has 19 heavy (non-hydrogen) atoms. The zero-order chi connectivity index (χ0) is 14.4. The van der Waals surface area contributed by atoms with Gasteiger partial charge in [-0.15, -0.1) is 0 Å². The Morgan fingerprint density at radius 1 is 1.58 bits per heavy atom. The average Bonchev–Trinajstić information content (AvgIpc) is 2.70. The van der Waals surface area contributed by atoms with E-state index in [2.05, 4.69) is 5.32 Å². The van der Waals surface area contributed by atoms with Crippen molar-refractivity contribution in [2.45, 2.75) is 45.3 Å². The van der Waals surface area contributed by atoms with Gasteiger partial charge in [0, 0.05) is 12.3 Å². The normalized spacial score (nSPS) is 24.2. The molecule has 1 saturated heterocycles. The van der Waals surface area contributed by atoms with Crippen LogP contribution in [0.4, 0.5) is 0 Å². The van der Waals surface area contributed by atoms with Crippen molar-refractivity contribution in [3.8, 4) is 0 Å². The first kappa shape index (κ1) is 15.6. The SMILES string of the molecule is CC[C@@H]1OCC(=O)C1NC(=O)[CH]CCC(C)C(N)=O. The Hall–Kier alpha value is -1.43. The Morgan fingerprint density at radius 2 is 2.26 bits per heavy atom. The van der Waals surface area contributed by atoms with Crippen molar-refractivity contribution in [2.24, 2.45) is 11.7 Å². The zero-order valence-corrected chi connectivity index (χ0v) is 11.3. The summed E-state index contributed by atoms with van der Waals surface area (Å²) in [5.74, 6) is -1.04. The summed E-state index contributed by atoms with van der Waals surface area (Å²) in [7, 11) is 0. The third-order valence-electron chi connectivity index (χ3n) is 3.27. The molecule has 107 valence electrons. The Labute approximate surface area is 113 Å². The fourth-order valence-corrected chi connectivity index (χ4v) is 1.93. The molecule has 1 heterocycles. The summed E-state index contributed by atoms with van der Waals surface area (Å²) < 4.78 is 5.26. The van der Waals surface area contributed by atoms with Gasteiger partial charge in [0.1, 0.15) is 12.6 Å². The number of hydrogen-bond donors (Lipinski definition) is 2. The average molecular weight is 269 g/mol. The highest BCUT2D eigenvalue weighted by molar-refractivity contribution is 5.94. The van der Waals surface area contributed by atoms with Crippen LogP contribution in [-0.4, -0.2) is 36.4 Å². The monoisotopic (exact) mass is 269 g/mol. The van der Waals surface area contributed by atoms with Gasteiger partial charge in [-0.2, -0.15) is 0 Å². The molecule has 0 aromatic carbocycles. The van der Waals surface area contributed by atoms with E-state index >= 15 is 0 Å². The molecule has 0 aliphatic carbocycles. The van der Waals surface area contributed by atoms with E-state index in [0.29, 0.717) is 19.3 Å². The van der Waals surface area contributed by atoms with Crippen LogP contribution in [0, 0.1) is 12.3 Å². The molecule has 2 amide bonds. The summed E-state index contributed by atoms with van der Waals surface area (Å²) in [6.45, 7) is 3.68. The largest absolute Gasteiger partial charge is 0.369 e. The van der Waals surface area contributed by atoms with Gasteiger partial charge >= 0.3 is 0 Å². The van der Waals surface area contributed by atoms with E-state index in [0.717, 1.165) is 0 Å². The number of nitrogens with one attached hydrogen (secondary N) is 1. The number of ether oxygens (including phenoxy) is 1. The molecular formula is C13H21N2O4. The number of hydrogen-bond acceptors (Lipinski definition) is 4. The highest BCUT2D eigenvalue weighted by Crippen LogP contribution is 2.14. The molecule has 6 nitrogen and oxygen atoms in total. The first-order valence-corrected chi connectivity index (χ1v) is 6.53. The second kappa shape index (κ2) is 7.23. The van der Waals surface area contributed by atoms with Crippen LogP contribution in [0.25, 0.3) is 0 Å². The second-order valence-electron chi connectivity index (χ2n) is 4.80. The molecular weight excluding hydrogens is 248 g/mol. The number of rotatable bonds is 7. The van der Waals surface area contributed by atoms with Gasteiger partial charge in [0.25, 0.3) is 0 Å². The third kappa shape index (κ3) is 4.63. The van der Waals surface area contributed by atoms with Crippen LogP contribution < -0.4 is 11.1 Å². The highest BCUT2D eigenvalue weighted by Gasteiger charge is 2.35. The van der Waals surface area contributed by atoms with Crippen LogP contribution in [0.15, 0.2) is 0 Å². The summed E-state index contributed by atoms with van der Waals surface area (Å²) in [6.07, 6.45) is 2.85. The van der Waals surface area contributed by atoms with Crippen LogP contribution in [0.5, 0.6) is 0 Å². The molecule has 1 fully saturated rings. The lowest BCUT2D eigenvalue weighted by Crippen LogP contribution is -2.44. The van der Waals surface area contributed by atoms with Gasteiger partial charge in [-0.3, -0.25) is 14.4 Å². The van der Waals surface area contributed by atoms with Crippen LogP contribution >= 0.6 is 0 Å². The number of carbonyl (C=O) groups excluding carboxylic acids is 3. The summed E-state index contributed by atoms with van der Waals surface area (Å²) >= 11 is 0. The van der Waals surface area contributed by atoms with E-state index in [-0.39, 0.29) is 36.2 Å². The van der Waals surface area contributed by atoms with Gasteiger partial charge in [-0.05, 0) is 19.3 Å². The van der Waals surface area contributed by atoms with Crippen LogP contribution in [-0.2, 0) is 19.1 Å². The number of primary amides is 1. The molecule has 0 aromatic heterocycles. The molecule has 6 heteroatoms. The molecule has 0 saturated carbocycles. The molecule has 1 aliphatic rings. The van der Waals surface area contributed by atoms with Gasteiger partial charge in [-0.25, -0.2) is 0 Å². The summed E-state index contributed by atoms with van der Waals surface area (Å²) in [6, 6.07) is -0.553. The predicted molar refractivity (Wildman–Crippen MR) is 68.9 cm³/mol. The first-order chi connectivity index (χ1) is 8.95. The minimum Gasteiger partial charge on any atom is -0.369 e. The number of Topliss-reactive ketones (excluding diaryl/α,β-unsaturated/α-hetero) is 1. The molecule has 0 bridgehead atoms. The maximum Gasteiger partial charge on any atom is 0.224 e. The summed E-state index contributed by atoms with van der Waals surface area (Å²) in [4.78, 5) is 34.0. The molecule has 0 aromatic rings. The van der Waals surface area contributed by atoms with Gasteiger partial charge in [0.05, 0.1) is 6.10 Å². The van der Waals surface area contributed by atoms with Crippen molar-refractivity contribution in [3.05, 3.63) is 6.42 Å². The van der Waals surface area contributed by atoms with Crippen LogP contribution in [0.1, 0.15) is 33.1 Å². The predicted octanol–water partition coefficient (Wildman–Crippen LogP) is -0.0450. The lowest BCUT2D eigenvalue weighted by molar-refractivity contribution is -0.124. The fraction of sp³-hybridized carbons (Fsp3) is 0.692. The van der Waals surface area contributed by atoms with Gasteiger partial charge in [0.2, 0.25) is 11.8 Å². The quantitative estimate of drug-likeness (QED) is 0.677. The molecule has 3 atom stereocenters. The van der Waals surface area contributed by atoms with E-state index in [1.807, 2.05) is 6.92 Å². The van der Waals surface area contributed by atoms with Gasteiger partial charge in [-0.1, -0.05) is 13.8 Å². The lowest BCUT2D eigenvalue weighted by Gasteiger charge is -2.17. The molecule has 2 unspecified atom stereocenters. The van der Waals surface area contributed by atoms with Crippen molar-refractivity contribution in [1.29, 1.82) is 0 Å². The van der Waals surface area contributed by atoms with Crippen molar-refractivity contribution in [3.63, 3.8) is 0 Å². The van der Waals surface area contributed by atoms with Gasteiger partial charge < -0.3 is 15.8 Å². The second-order valence-corrected chi connectivity index (χ2v) is 4.80. The Bertz CT molecular complexity index is 357. The Kier molecular flexibility index (Phi) is 5.95. The van der Waals surface area contributed by atoms with E-state index in [4.69, 9.17) is 10.5 Å². The van der Waals surface area contributed by atoms with Crippen molar-refractivity contribution >= 4 is 17.6 Å². The standard InChI is InChI=1S/C13H21N2O4/c1-3-10-12(9(16)7-19-10)15-11(17)6-4-5-8(2)13(14)18/h6,8,10,12H,3-5,7H2,1-2H3,(H2,14,18)(H,15,17)/t8?,10-,12?/m0/s1. The minimum atomic E-state index is -0.553. The van der Waals surface area contributed by atoms with Crippen molar-refractivity contribution < 1.29 is 19.1 Å².